The second-order valence-electron chi connectivity index (χ2n) is 11.3. The Morgan fingerprint density at radius 1 is 1.11 bits per heavy atom. The van der Waals surface area contributed by atoms with Gasteiger partial charge in [0, 0.05) is 51.4 Å². The van der Waals surface area contributed by atoms with Crippen LogP contribution in [0.5, 0.6) is 0 Å². The molecule has 9 heteroatoms. The first-order valence-corrected chi connectivity index (χ1v) is 15.1. The van der Waals surface area contributed by atoms with Crippen LogP contribution in [0.2, 0.25) is 0 Å². The van der Waals surface area contributed by atoms with Crippen LogP contribution in [0.15, 0.2) is 34.1 Å². The van der Waals surface area contributed by atoms with Gasteiger partial charge in [0.25, 0.3) is 5.91 Å². The minimum absolute atomic E-state index is 0.0225. The number of nitrogens with one attached hydrogen (secondary N) is 1. The molecule has 2 aliphatic rings. The molecule has 2 atom stereocenters. The third-order valence-corrected chi connectivity index (χ3v) is 9.96. The molecule has 0 unspecified atom stereocenters. The van der Waals surface area contributed by atoms with E-state index in [1.165, 1.54) is 23.0 Å². The summed E-state index contributed by atoms with van der Waals surface area (Å²) in [5.41, 5.74) is 0.182. The summed E-state index contributed by atoms with van der Waals surface area (Å²) in [6.07, 6.45) is 8.51. The molecule has 1 saturated carbocycles. The first kappa shape index (κ1) is 27.8. The summed E-state index contributed by atoms with van der Waals surface area (Å²) in [6.45, 7) is 8.14. The van der Waals surface area contributed by atoms with Gasteiger partial charge in [-0.2, -0.15) is 4.31 Å². The van der Waals surface area contributed by atoms with Crippen LogP contribution in [-0.2, 0) is 17.1 Å². The highest BCUT2D eigenvalue weighted by atomic mass is 32.2. The smallest absolute Gasteiger partial charge is 0.256 e. The third kappa shape index (κ3) is 6.26. The predicted octanol–water partition coefficient (Wildman–Crippen LogP) is 3.59. The molecule has 2 fully saturated rings. The maximum atomic E-state index is 13.4. The maximum absolute atomic E-state index is 13.4. The van der Waals surface area contributed by atoms with E-state index in [2.05, 4.69) is 24.1 Å². The molecule has 1 saturated heterocycles. The van der Waals surface area contributed by atoms with Crippen LogP contribution in [0, 0.1) is 11.8 Å². The number of aryl methyl sites for hydroxylation is 1. The van der Waals surface area contributed by atoms with E-state index in [0.29, 0.717) is 23.9 Å². The van der Waals surface area contributed by atoms with E-state index >= 15 is 0 Å². The lowest BCUT2D eigenvalue weighted by atomic mass is 9.92. The number of hydrogen-bond acceptors (Lipinski definition) is 5. The number of hydrogen-bond donors (Lipinski definition) is 1. The quantitative estimate of drug-likeness (QED) is 0.527. The monoisotopic (exact) mass is 530 g/mol. The van der Waals surface area contributed by atoms with Gasteiger partial charge in [-0.3, -0.25) is 9.59 Å². The summed E-state index contributed by atoms with van der Waals surface area (Å²) in [7, 11) is -0.358. The van der Waals surface area contributed by atoms with Gasteiger partial charge < -0.3 is 14.8 Å². The van der Waals surface area contributed by atoms with Crippen molar-refractivity contribution < 1.29 is 13.2 Å². The van der Waals surface area contributed by atoms with Gasteiger partial charge >= 0.3 is 0 Å². The molecule has 1 aromatic heterocycles. The number of pyridine rings is 1. The van der Waals surface area contributed by atoms with Gasteiger partial charge in [-0.05, 0) is 62.3 Å². The Bertz CT molecular complexity index is 1270. The number of aromatic nitrogens is 1. The van der Waals surface area contributed by atoms with E-state index < -0.39 is 21.4 Å². The Balaban J connectivity index is 1.49. The summed E-state index contributed by atoms with van der Waals surface area (Å²) >= 11 is 0. The lowest BCUT2D eigenvalue weighted by molar-refractivity contribution is 0.0945. The van der Waals surface area contributed by atoms with Gasteiger partial charge in [-0.1, -0.05) is 33.1 Å². The van der Waals surface area contributed by atoms with Crippen LogP contribution in [0.4, 0.5) is 0 Å². The molecular formula is C28H42N4O4S. The first-order chi connectivity index (χ1) is 17.6. The standard InChI is InChI=1S/C28H42N4O4S/c1-20-15-21(2)18-32(17-20)14-8-13-29-28(34)25-19-30(3)26-12-11-23(16-24(26)27(25)33)37(35,36)31(4)22-9-6-5-7-10-22/h11-12,16,19-22H,5-10,13-15,17-18H2,1-4H3,(H,29,34)/t20-,21-/m1/s1. The Morgan fingerprint density at radius 2 is 1.78 bits per heavy atom. The number of rotatable bonds is 8. The Kier molecular flexibility index (Phi) is 8.76. The molecule has 37 heavy (non-hydrogen) atoms. The van der Waals surface area contributed by atoms with Crippen molar-refractivity contribution in [1.82, 2.24) is 19.1 Å². The van der Waals surface area contributed by atoms with Crippen molar-refractivity contribution in [2.24, 2.45) is 18.9 Å². The van der Waals surface area contributed by atoms with Gasteiger partial charge in [0.15, 0.2) is 0 Å². The van der Waals surface area contributed by atoms with Crippen molar-refractivity contribution in [2.75, 3.05) is 33.2 Å². The number of likely N-dealkylation sites (tertiary alicyclic amines) is 1. The first-order valence-electron chi connectivity index (χ1n) is 13.7. The lowest BCUT2D eigenvalue weighted by Crippen LogP contribution is -2.40. The average molecular weight is 531 g/mol. The van der Waals surface area contributed by atoms with Crippen LogP contribution in [0.3, 0.4) is 0 Å². The van der Waals surface area contributed by atoms with Crippen molar-refractivity contribution in [3.8, 4) is 0 Å². The lowest BCUT2D eigenvalue weighted by Gasteiger charge is -2.34. The zero-order valence-electron chi connectivity index (χ0n) is 22.7. The zero-order valence-corrected chi connectivity index (χ0v) is 23.5. The molecule has 0 radical (unpaired) electrons. The van der Waals surface area contributed by atoms with Gasteiger partial charge in [0.1, 0.15) is 5.56 Å². The molecule has 2 aromatic rings. The number of nitrogens with zero attached hydrogens (tertiary/aromatic N) is 3. The molecule has 4 rings (SSSR count). The highest BCUT2D eigenvalue weighted by Gasteiger charge is 2.29. The van der Waals surface area contributed by atoms with Crippen LogP contribution in [-0.4, -0.2) is 67.4 Å². The molecular weight excluding hydrogens is 488 g/mol. The van der Waals surface area contributed by atoms with Crippen molar-refractivity contribution >= 4 is 26.8 Å². The summed E-state index contributed by atoms with van der Waals surface area (Å²) in [5.74, 6) is 0.959. The van der Waals surface area contributed by atoms with Gasteiger partial charge in [-0.25, -0.2) is 8.42 Å². The largest absolute Gasteiger partial charge is 0.352 e. The molecule has 1 aliphatic carbocycles. The zero-order chi connectivity index (χ0) is 26.7. The van der Waals surface area contributed by atoms with Gasteiger partial charge in [-0.15, -0.1) is 0 Å². The topological polar surface area (TPSA) is 91.7 Å². The van der Waals surface area contributed by atoms with Crippen molar-refractivity contribution in [3.05, 3.63) is 40.2 Å². The Labute approximate surface area is 221 Å². The summed E-state index contributed by atoms with van der Waals surface area (Å²) in [4.78, 5) is 28.8. The molecule has 2 heterocycles. The second-order valence-corrected chi connectivity index (χ2v) is 13.3. The molecule has 1 N–H and O–H groups in total. The molecule has 1 aliphatic heterocycles. The van der Waals surface area contributed by atoms with E-state index in [4.69, 9.17) is 0 Å². The summed E-state index contributed by atoms with van der Waals surface area (Å²) in [5, 5.41) is 3.13. The number of piperidine rings is 1. The van der Waals surface area contributed by atoms with Crippen LogP contribution in [0.25, 0.3) is 10.9 Å². The van der Waals surface area contributed by atoms with E-state index in [-0.39, 0.29) is 21.9 Å². The van der Waals surface area contributed by atoms with Crippen molar-refractivity contribution in [3.63, 3.8) is 0 Å². The number of carbonyl (C=O) groups is 1. The number of carbonyl (C=O) groups excluding carboxylic acids is 1. The Hall–Kier alpha value is -2.23. The highest BCUT2D eigenvalue weighted by molar-refractivity contribution is 7.89. The molecule has 204 valence electrons. The fourth-order valence-electron chi connectivity index (χ4n) is 6.18. The molecule has 8 nitrogen and oxygen atoms in total. The average Bonchev–Trinajstić information content (AvgIpc) is 2.87. The summed E-state index contributed by atoms with van der Waals surface area (Å²) < 4.78 is 29.9. The number of benzene rings is 1. The molecule has 0 bridgehead atoms. The second kappa shape index (κ2) is 11.7. The van der Waals surface area contributed by atoms with Crippen LogP contribution >= 0.6 is 0 Å². The number of sulfonamides is 1. The predicted molar refractivity (Wildman–Crippen MR) is 147 cm³/mol. The van der Waals surface area contributed by atoms with Crippen LogP contribution in [0.1, 0.15) is 69.2 Å². The highest BCUT2D eigenvalue weighted by Crippen LogP contribution is 2.27. The van der Waals surface area contributed by atoms with E-state index in [0.717, 1.165) is 58.2 Å². The molecule has 1 amide bonds. The minimum atomic E-state index is -3.75. The molecule has 0 spiro atoms. The van der Waals surface area contributed by atoms with Crippen LogP contribution < -0.4 is 10.7 Å². The van der Waals surface area contributed by atoms with E-state index in [9.17, 15) is 18.0 Å². The van der Waals surface area contributed by atoms with E-state index in [1.54, 1.807) is 30.8 Å². The normalized spacial score (nSPS) is 22.0. The third-order valence-electron chi connectivity index (χ3n) is 8.05. The number of fused-ring (bicyclic) bond motifs is 1. The van der Waals surface area contributed by atoms with Gasteiger partial charge in [0.2, 0.25) is 15.5 Å². The molecule has 1 aromatic carbocycles. The van der Waals surface area contributed by atoms with E-state index in [1.807, 2.05) is 0 Å². The summed E-state index contributed by atoms with van der Waals surface area (Å²) in [6, 6.07) is 4.62. The maximum Gasteiger partial charge on any atom is 0.256 e. The van der Waals surface area contributed by atoms with Gasteiger partial charge in [0.05, 0.1) is 10.4 Å². The SMILES string of the molecule is C[C@@H]1C[C@@H](C)CN(CCCNC(=O)c2cn(C)c3ccc(S(=O)(=O)N(C)C4CCCCC4)cc3c2=O)C1. The fourth-order valence-corrected chi connectivity index (χ4v) is 7.62. The van der Waals surface area contributed by atoms with Crippen molar-refractivity contribution in [1.29, 1.82) is 0 Å². The number of amides is 1. The minimum Gasteiger partial charge on any atom is -0.352 e. The Morgan fingerprint density at radius 3 is 2.46 bits per heavy atom. The fraction of sp³-hybridized carbons (Fsp3) is 0.643. The van der Waals surface area contributed by atoms with Crippen molar-refractivity contribution in [2.45, 2.75) is 69.7 Å².